The summed E-state index contributed by atoms with van der Waals surface area (Å²) in [6.45, 7) is 0.341. The van der Waals surface area contributed by atoms with Gasteiger partial charge in [-0.3, -0.25) is 0 Å². The van der Waals surface area contributed by atoms with Crippen molar-refractivity contribution in [3.05, 3.63) is 70.9 Å². The summed E-state index contributed by atoms with van der Waals surface area (Å²) in [6.07, 6.45) is 4.30. The molecule has 27 heavy (non-hydrogen) atoms. The van der Waals surface area contributed by atoms with E-state index in [0.717, 1.165) is 22.2 Å². The molecule has 2 aromatic carbocycles. The maximum absolute atomic E-state index is 10.4. The zero-order chi connectivity index (χ0) is 18.4. The first-order valence-corrected chi connectivity index (χ1v) is 8.66. The third-order valence-corrected chi connectivity index (χ3v) is 4.13. The Morgan fingerprint density at radius 3 is 2.74 bits per heavy atom. The minimum absolute atomic E-state index is 0. The zero-order valence-corrected chi connectivity index (χ0v) is 17.8. The van der Waals surface area contributed by atoms with Crippen LogP contribution < -0.4 is 39.4 Å². The van der Waals surface area contributed by atoms with E-state index in [-0.39, 0.29) is 36.0 Å². The van der Waals surface area contributed by atoms with Crippen molar-refractivity contribution < 1.29 is 44.2 Å². The number of carbonyl (C=O) groups excluding carboxylic acids is 1. The van der Waals surface area contributed by atoms with Gasteiger partial charge in [0.15, 0.2) is 0 Å². The van der Waals surface area contributed by atoms with Crippen LogP contribution in [0.1, 0.15) is 24.1 Å². The number of ether oxygens (including phenoxy) is 1. The Kier molecular flexibility index (Phi) is 8.32. The number of aromatic nitrogens is 1. The molecular weight excluding hydrogens is 373 g/mol. The molecule has 0 N–H and O–H groups in total. The van der Waals surface area contributed by atoms with E-state index in [2.05, 4.69) is 4.98 Å². The number of carbonyl (C=O) groups is 1. The van der Waals surface area contributed by atoms with Gasteiger partial charge in [0.2, 0.25) is 0 Å². The monoisotopic (exact) mass is 389 g/mol. The summed E-state index contributed by atoms with van der Waals surface area (Å²) in [6, 6.07) is 17.1. The van der Waals surface area contributed by atoms with Gasteiger partial charge in [0, 0.05) is 16.4 Å². The van der Waals surface area contributed by atoms with Crippen molar-refractivity contribution in [2.24, 2.45) is 0 Å². The van der Waals surface area contributed by atoms with Crippen LogP contribution >= 0.6 is 11.6 Å². The van der Waals surface area contributed by atoms with Crippen LogP contribution in [0.3, 0.4) is 0 Å². The third-order valence-electron chi connectivity index (χ3n) is 3.80. The molecule has 3 rings (SSSR count). The van der Waals surface area contributed by atoms with Crippen LogP contribution in [0.15, 0.2) is 54.6 Å². The van der Waals surface area contributed by atoms with E-state index in [1.807, 2.05) is 66.7 Å². The first-order valence-electron chi connectivity index (χ1n) is 8.28. The van der Waals surface area contributed by atoms with E-state index in [4.69, 9.17) is 16.3 Å². The fourth-order valence-corrected chi connectivity index (χ4v) is 2.75. The van der Waals surface area contributed by atoms with Gasteiger partial charge >= 0.3 is 29.6 Å². The smallest absolute Gasteiger partial charge is 0.550 e. The van der Waals surface area contributed by atoms with Crippen LogP contribution in [0.5, 0.6) is 5.75 Å². The summed E-state index contributed by atoms with van der Waals surface area (Å²) >= 11 is 6.16. The number of hydrogen-bond acceptors (Lipinski definition) is 4. The molecule has 1 aromatic heterocycles. The summed E-state index contributed by atoms with van der Waals surface area (Å²) < 4.78 is 5.56. The molecule has 0 aliphatic carbocycles. The number of aliphatic carboxylic acids is 1. The SMILES string of the molecule is O=C([O-])CCCOc1cccc(/C=C/c2ccc3c(Cl)cccc3n2)c1.[Na+]. The average Bonchev–Trinajstić information content (AvgIpc) is 2.64. The van der Waals surface area contributed by atoms with Crippen molar-refractivity contribution in [1.82, 2.24) is 4.98 Å². The van der Waals surface area contributed by atoms with E-state index in [0.29, 0.717) is 23.8 Å². The first-order chi connectivity index (χ1) is 12.6. The van der Waals surface area contributed by atoms with Crippen molar-refractivity contribution in [3.63, 3.8) is 0 Å². The largest absolute Gasteiger partial charge is 1.00 e. The Bertz CT molecular complexity index is 959. The van der Waals surface area contributed by atoms with Crippen LogP contribution in [0.2, 0.25) is 5.02 Å². The van der Waals surface area contributed by atoms with Gasteiger partial charge < -0.3 is 14.6 Å². The Hall–Kier alpha value is -1.85. The molecule has 0 unspecified atom stereocenters. The fourth-order valence-electron chi connectivity index (χ4n) is 2.52. The molecule has 3 aromatic rings. The van der Waals surface area contributed by atoms with Crippen LogP contribution in [0.25, 0.3) is 23.1 Å². The second-order valence-electron chi connectivity index (χ2n) is 5.77. The van der Waals surface area contributed by atoms with Gasteiger partial charge in [0.05, 0.1) is 17.8 Å². The minimum atomic E-state index is -1.06. The third kappa shape index (κ3) is 6.36. The van der Waals surface area contributed by atoms with Crippen LogP contribution in [0.4, 0.5) is 0 Å². The standard InChI is InChI=1S/C21H18ClNO3.Na/c22-19-6-2-7-20-18(19)12-11-16(23-20)10-9-15-4-1-5-17(14-15)26-13-3-8-21(24)25;/h1-2,4-7,9-12,14H,3,8,13H2,(H,24,25);/q;+1/p-1/b10-9+;. The summed E-state index contributed by atoms with van der Waals surface area (Å²) in [5.41, 5.74) is 2.65. The molecule has 4 nitrogen and oxygen atoms in total. The minimum Gasteiger partial charge on any atom is -0.550 e. The topological polar surface area (TPSA) is 62.2 Å². The van der Waals surface area contributed by atoms with Crippen LogP contribution in [-0.4, -0.2) is 17.6 Å². The summed E-state index contributed by atoms with van der Waals surface area (Å²) in [5, 5.41) is 12.0. The predicted octanol–water partition coefficient (Wildman–Crippen LogP) is 0.971. The summed E-state index contributed by atoms with van der Waals surface area (Å²) in [5.74, 6) is -0.363. The molecule has 0 radical (unpaired) electrons. The molecule has 132 valence electrons. The molecule has 0 saturated heterocycles. The molecule has 0 bridgehead atoms. The number of carboxylic acid groups (broad SMARTS) is 1. The zero-order valence-electron chi connectivity index (χ0n) is 15.0. The van der Waals surface area contributed by atoms with E-state index >= 15 is 0 Å². The molecule has 0 aliphatic rings. The van der Waals surface area contributed by atoms with Gasteiger partial charge in [-0.05, 0) is 60.9 Å². The Labute approximate surface area is 185 Å². The Morgan fingerprint density at radius 2 is 1.93 bits per heavy atom. The number of rotatable bonds is 7. The van der Waals surface area contributed by atoms with Crippen molar-refractivity contribution in [1.29, 1.82) is 0 Å². The normalized spacial score (nSPS) is 10.7. The molecule has 0 aliphatic heterocycles. The van der Waals surface area contributed by atoms with Gasteiger partial charge in [-0.15, -0.1) is 0 Å². The van der Waals surface area contributed by atoms with Crippen molar-refractivity contribution in [3.8, 4) is 5.75 Å². The number of carboxylic acids is 1. The number of nitrogens with zero attached hydrogens (tertiary/aromatic N) is 1. The number of halogens is 1. The molecule has 0 fully saturated rings. The van der Waals surface area contributed by atoms with E-state index < -0.39 is 5.97 Å². The number of pyridine rings is 1. The number of hydrogen-bond donors (Lipinski definition) is 0. The molecular formula is C21H17ClNNaO3. The van der Waals surface area contributed by atoms with Crippen LogP contribution in [-0.2, 0) is 4.79 Å². The van der Waals surface area contributed by atoms with Gasteiger partial charge in [-0.25, -0.2) is 4.98 Å². The van der Waals surface area contributed by atoms with Crippen molar-refractivity contribution in [2.75, 3.05) is 6.61 Å². The quantitative estimate of drug-likeness (QED) is 0.446. The maximum Gasteiger partial charge on any atom is 1.00 e. The van der Waals surface area contributed by atoms with Crippen LogP contribution in [0, 0.1) is 0 Å². The second kappa shape index (κ2) is 10.5. The summed E-state index contributed by atoms with van der Waals surface area (Å²) in [4.78, 5) is 15.0. The van der Waals surface area contributed by atoms with E-state index in [1.165, 1.54) is 0 Å². The Balaban J connectivity index is 0.00000261. The van der Waals surface area contributed by atoms with Gasteiger partial charge in [0.1, 0.15) is 5.75 Å². The van der Waals surface area contributed by atoms with Crippen molar-refractivity contribution in [2.45, 2.75) is 12.8 Å². The molecule has 6 heteroatoms. The molecule has 1 heterocycles. The molecule has 0 saturated carbocycles. The Morgan fingerprint density at radius 1 is 1.11 bits per heavy atom. The fraction of sp³-hybridized carbons (Fsp3) is 0.143. The summed E-state index contributed by atoms with van der Waals surface area (Å²) in [7, 11) is 0. The first kappa shape index (κ1) is 21.5. The van der Waals surface area contributed by atoms with Crippen molar-refractivity contribution >= 4 is 40.6 Å². The van der Waals surface area contributed by atoms with Gasteiger partial charge in [-0.2, -0.15) is 0 Å². The predicted molar refractivity (Wildman–Crippen MR) is 102 cm³/mol. The van der Waals surface area contributed by atoms with Gasteiger partial charge in [0.25, 0.3) is 0 Å². The molecule has 0 atom stereocenters. The molecule has 0 spiro atoms. The van der Waals surface area contributed by atoms with Gasteiger partial charge in [-0.1, -0.05) is 35.9 Å². The average molecular weight is 390 g/mol. The number of fused-ring (bicyclic) bond motifs is 1. The maximum atomic E-state index is 10.4. The second-order valence-corrected chi connectivity index (χ2v) is 6.18. The number of benzene rings is 2. The van der Waals surface area contributed by atoms with E-state index in [9.17, 15) is 9.90 Å². The van der Waals surface area contributed by atoms with E-state index in [1.54, 1.807) is 0 Å². The molecule has 0 amide bonds.